The van der Waals surface area contributed by atoms with Crippen LogP contribution in [0.1, 0.15) is 42.6 Å². The number of carbonyl (C=O) groups excluding carboxylic acids is 3. The minimum absolute atomic E-state index is 0.0643. The highest BCUT2D eigenvalue weighted by Gasteiger charge is 2.41. The van der Waals surface area contributed by atoms with E-state index in [0.717, 1.165) is 16.3 Å². The molecule has 1 atom stereocenters. The highest BCUT2D eigenvalue weighted by Crippen LogP contribution is 2.30. The van der Waals surface area contributed by atoms with E-state index < -0.39 is 27.9 Å². The van der Waals surface area contributed by atoms with Crippen LogP contribution in [0.25, 0.3) is 0 Å². The van der Waals surface area contributed by atoms with Gasteiger partial charge in [0.05, 0.1) is 5.56 Å². The molecule has 0 bridgehead atoms. The van der Waals surface area contributed by atoms with Crippen molar-refractivity contribution >= 4 is 39.3 Å². The van der Waals surface area contributed by atoms with Gasteiger partial charge in [-0.15, -0.1) is 0 Å². The first-order chi connectivity index (χ1) is 15.7. The Balaban J connectivity index is 1.78. The van der Waals surface area contributed by atoms with E-state index in [0.29, 0.717) is 11.6 Å². The Kier molecular flexibility index (Phi) is 7.76. The van der Waals surface area contributed by atoms with Gasteiger partial charge in [0.25, 0.3) is 15.9 Å². The van der Waals surface area contributed by atoms with Gasteiger partial charge in [-0.05, 0) is 43.2 Å². The summed E-state index contributed by atoms with van der Waals surface area (Å²) in [5.41, 5.74) is 0.816. The number of benzene rings is 2. The predicted molar refractivity (Wildman–Crippen MR) is 124 cm³/mol. The van der Waals surface area contributed by atoms with E-state index in [-0.39, 0.29) is 35.9 Å². The van der Waals surface area contributed by atoms with Crippen LogP contribution in [-0.2, 0) is 26.2 Å². The molecular formula is C23H26ClN3O5S. The molecule has 1 N–H and O–H groups in total. The Hall–Kier alpha value is -2.91. The molecule has 1 aliphatic rings. The van der Waals surface area contributed by atoms with Crippen LogP contribution in [-0.4, -0.2) is 54.5 Å². The molecule has 8 nitrogen and oxygen atoms in total. The van der Waals surface area contributed by atoms with Crippen molar-refractivity contribution in [3.63, 3.8) is 0 Å². The zero-order valence-electron chi connectivity index (χ0n) is 18.5. The lowest BCUT2D eigenvalue weighted by Gasteiger charge is -2.29. The first-order valence-electron chi connectivity index (χ1n) is 10.6. The summed E-state index contributed by atoms with van der Waals surface area (Å²) < 4.78 is 26.3. The van der Waals surface area contributed by atoms with Crippen LogP contribution in [0, 0.1) is 0 Å². The van der Waals surface area contributed by atoms with Crippen molar-refractivity contribution in [1.29, 1.82) is 0 Å². The SMILES string of the molecule is CCCNC(=O)[C@H](C)N(Cc1cccc(Cl)c1)C(=O)CCN1C(=O)c2ccccc2S1(=O)=O. The topological polar surface area (TPSA) is 104 Å². The first kappa shape index (κ1) is 24.7. The van der Waals surface area contributed by atoms with Gasteiger partial charge in [-0.2, -0.15) is 0 Å². The highest BCUT2D eigenvalue weighted by atomic mass is 35.5. The third kappa shape index (κ3) is 5.36. The number of sulfonamides is 1. The number of hydrogen-bond acceptors (Lipinski definition) is 5. The molecule has 0 unspecified atom stereocenters. The van der Waals surface area contributed by atoms with Gasteiger partial charge in [-0.1, -0.05) is 42.8 Å². The highest BCUT2D eigenvalue weighted by molar-refractivity contribution is 7.90. The van der Waals surface area contributed by atoms with Crippen LogP contribution in [0.5, 0.6) is 0 Å². The molecular weight excluding hydrogens is 466 g/mol. The Bertz CT molecular complexity index is 1170. The smallest absolute Gasteiger partial charge is 0.269 e. The Morgan fingerprint density at radius 1 is 1.15 bits per heavy atom. The van der Waals surface area contributed by atoms with Crippen molar-refractivity contribution in [3.8, 4) is 0 Å². The normalized spacial score (nSPS) is 15.1. The van der Waals surface area contributed by atoms with Crippen molar-refractivity contribution < 1.29 is 22.8 Å². The quantitative estimate of drug-likeness (QED) is 0.581. The summed E-state index contributed by atoms with van der Waals surface area (Å²) in [7, 11) is -4.01. The van der Waals surface area contributed by atoms with Gasteiger partial charge < -0.3 is 10.2 Å². The number of nitrogens with one attached hydrogen (secondary N) is 1. The van der Waals surface area contributed by atoms with Crippen LogP contribution < -0.4 is 5.32 Å². The fraction of sp³-hybridized carbons (Fsp3) is 0.348. The van der Waals surface area contributed by atoms with Gasteiger partial charge in [0.2, 0.25) is 11.8 Å². The molecule has 0 saturated carbocycles. The summed E-state index contributed by atoms with van der Waals surface area (Å²) in [4.78, 5) is 39.7. The minimum atomic E-state index is -4.01. The largest absolute Gasteiger partial charge is 0.354 e. The standard InChI is InChI=1S/C23H26ClN3O5S/c1-3-12-25-22(29)16(2)26(15-17-7-6-8-18(24)14-17)21(28)11-13-27-23(30)19-9-4-5-10-20(19)33(27,31)32/h4-10,14,16H,3,11-13,15H2,1-2H3,(H,25,29)/t16-/m0/s1. The average molecular weight is 492 g/mol. The molecule has 2 aromatic carbocycles. The second-order valence-corrected chi connectivity index (χ2v) is 10.0. The maximum atomic E-state index is 13.2. The summed E-state index contributed by atoms with van der Waals surface area (Å²) in [5, 5.41) is 3.27. The van der Waals surface area contributed by atoms with Crippen LogP contribution in [0.15, 0.2) is 53.4 Å². The molecule has 1 heterocycles. The summed E-state index contributed by atoms with van der Waals surface area (Å²) in [6.07, 6.45) is 0.487. The maximum Gasteiger partial charge on any atom is 0.269 e. The number of carbonyl (C=O) groups is 3. The van der Waals surface area contributed by atoms with Gasteiger partial charge in [-0.25, -0.2) is 12.7 Å². The second-order valence-electron chi connectivity index (χ2n) is 7.75. The molecule has 3 amide bonds. The third-order valence-electron chi connectivity index (χ3n) is 5.40. The lowest BCUT2D eigenvalue weighted by molar-refractivity contribution is -0.140. The summed E-state index contributed by atoms with van der Waals surface area (Å²) in [6, 6.07) is 12.1. The van der Waals surface area contributed by atoms with Crippen LogP contribution in [0.4, 0.5) is 0 Å². The monoisotopic (exact) mass is 491 g/mol. The predicted octanol–water partition coefficient (Wildman–Crippen LogP) is 2.82. The van der Waals surface area contributed by atoms with Crippen molar-refractivity contribution in [2.24, 2.45) is 0 Å². The first-order valence-corrected chi connectivity index (χ1v) is 12.5. The number of hydrogen-bond donors (Lipinski definition) is 1. The van der Waals surface area contributed by atoms with Crippen molar-refractivity contribution in [2.75, 3.05) is 13.1 Å². The third-order valence-corrected chi connectivity index (χ3v) is 7.47. The van der Waals surface area contributed by atoms with Gasteiger partial charge in [-0.3, -0.25) is 14.4 Å². The maximum absolute atomic E-state index is 13.2. The van der Waals surface area contributed by atoms with Crippen molar-refractivity contribution in [1.82, 2.24) is 14.5 Å². The van der Waals surface area contributed by atoms with E-state index in [1.807, 2.05) is 6.92 Å². The van der Waals surface area contributed by atoms with Crippen molar-refractivity contribution in [2.45, 2.75) is 44.2 Å². The summed E-state index contributed by atoms with van der Waals surface area (Å²) in [6.45, 7) is 3.80. The Morgan fingerprint density at radius 2 is 1.88 bits per heavy atom. The molecule has 176 valence electrons. The molecule has 1 aliphatic heterocycles. The Morgan fingerprint density at radius 3 is 2.55 bits per heavy atom. The zero-order valence-corrected chi connectivity index (χ0v) is 20.0. The van der Waals surface area contributed by atoms with Gasteiger partial charge >= 0.3 is 0 Å². The molecule has 0 spiro atoms. The second kappa shape index (κ2) is 10.4. The number of rotatable bonds is 9. The number of fused-ring (bicyclic) bond motifs is 1. The van der Waals surface area contributed by atoms with Crippen LogP contribution in [0.3, 0.4) is 0 Å². The van der Waals surface area contributed by atoms with E-state index in [1.165, 1.54) is 17.0 Å². The van der Waals surface area contributed by atoms with Crippen LogP contribution in [0.2, 0.25) is 5.02 Å². The molecule has 0 fully saturated rings. The van der Waals surface area contributed by atoms with Crippen LogP contribution >= 0.6 is 11.6 Å². The molecule has 33 heavy (non-hydrogen) atoms. The van der Waals surface area contributed by atoms with Gasteiger partial charge in [0, 0.05) is 31.1 Å². The van der Waals surface area contributed by atoms with E-state index in [2.05, 4.69) is 5.32 Å². The number of amides is 3. The molecule has 2 aromatic rings. The Labute approximate surface area is 198 Å². The van der Waals surface area contributed by atoms with E-state index >= 15 is 0 Å². The molecule has 0 aromatic heterocycles. The molecule has 0 aliphatic carbocycles. The molecule has 10 heteroatoms. The van der Waals surface area contributed by atoms with E-state index in [4.69, 9.17) is 11.6 Å². The lowest BCUT2D eigenvalue weighted by atomic mass is 10.1. The molecule has 0 radical (unpaired) electrons. The number of nitrogens with zero attached hydrogens (tertiary/aromatic N) is 2. The zero-order chi connectivity index (χ0) is 24.2. The average Bonchev–Trinajstić information content (AvgIpc) is 2.99. The fourth-order valence-corrected chi connectivity index (χ4v) is 5.39. The molecule has 3 rings (SSSR count). The number of halogens is 1. The lowest BCUT2D eigenvalue weighted by Crippen LogP contribution is -2.48. The minimum Gasteiger partial charge on any atom is -0.354 e. The van der Waals surface area contributed by atoms with Gasteiger partial charge in [0.15, 0.2) is 0 Å². The van der Waals surface area contributed by atoms with Crippen molar-refractivity contribution in [3.05, 3.63) is 64.7 Å². The van der Waals surface area contributed by atoms with Gasteiger partial charge in [0.1, 0.15) is 10.9 Å². The summed E-state index contributed by atoms with van der Waals surface area (Å²) in [5.74, 6) is -1.42. The van der Waals surface area contributed by atoms with E-state index in [9.17, 15) is 22.8 Å². The van der Waals surface area contributed by atoms with E-state index in [1.54, 1.807) is 43.3 Å². The summed E-state index contributed by atoms with van der Waals surface area (Å²) >= 11 is 6.06. The molecule has 0 saturated heterocycles. The fourth-order valence-electron chi connectivity index (χ4n) is 3.60.